The largest absolute Gasteiger partial charge is 0.481 e. The highest BCUT2D eigenvalue weighted by molar-refractivity contribution is 7.99. The lowest BCUT2D eigenvalue weighted by Gasteiger charge is -2.34. The molecule has 1 aliphatic heterocycles. The van der Waals surface area contributed by atoms with Gasteiger partial charge in [-0.25, -0.2) is 0 Å². The van der Waals surface area contributed by atoms with Crippen LogP contribution in [0.3, 0.4) is 0 Å². The highest BCUT2D eigenvalue weighted by Gasteiger charge is 2.28. The molecule has 1 aromatic carbocycles. The van der Waals surface area contributed by atoms with Gasteiger partial charge in [0.05, 0.1) is 12.5 Å². The number of hydrogen-bond donors (Lipinski definition) is 1. The van der Waals surface area contributed by atoms with Gasteiger partial charge in [0.2, 0.25) is 5.91 Å². The molecule has 0 bridgehead atoms. The maximum absolute atomic E-state index is 12.3. The fraction of sp³-hybridized carbons (Fsp3) is 0.438. The topological polar surface area (TPSA) is 74.7 Å². The van der Waals surface area contributed by atoms with Crippen molar-refractivity contribution in [2.75, 3.05) is 18.1 Å². The van der Waals surface area contributed by atoms with Gasteiger partial charge in [0.25, 0.3) is 0 Å². The van der Waals surface area contributed by atoms with Crippen molar-refractivity contribution in [3.63, 3.8) is 0 Å². The summed E-state index contributed by atoms with van der Waals surface area (Å²) in [7, 11) is 0. The van der Waals surface area contributed by atoms with Crippen LogP contribution >= 0.6 is 11.8 Å². The van der Waals surface area contributed by atoms with E-state index in [1.165, 1.54) is 0 Å². The summed E-state index contributed by atoms with van der Waals surface area (Å²) in [6, 6.07) is 8.62. The van der Waals surface area contributed by atoms with Gasteiger partial charge >= 0.3 is 5.97 Å². The molecule has 6 heteroatoms. The summed E-state index contributed by atoms with van der Waals surface area (Å²) < 4.78 is 0. The van der Waals surface area contributed by atoms with Crippen LogP contribution in [-0.4, -0.2) is 51.8 Å². The van der Waals surface area contributed by atoms with Crippen molar-refractivity contribution in [2.45, 2.75) is 25.3 Å². The molecule has 0 aromatic heterocycles. The van der Waals surface area contributed by atoms with Gasteiger partial charge < -0.3 is 10.0 Å². The van der Waals surface area contributed by atoms with E-state index >= 15 is 0 Å². The Hall–Kier alpha value is -1.82. The molecule has 0 saturated carbocycles. The number of benzene rings is 1. The molecular weight excluding hydrogens is 302 g/mol. The number of thioether (sulfide) groups is 1. The average Bonchev–Trinajstić information content (AvgIpc) is 2.53. The summed E-state index contributed by atoms with van der Waals surface area (Å²) >= 11 is 1.66. The van der Waals surface area contributed by atoms with Gasteiger partial charge in [-0.05, 0) is 0 Å². The van der Waals surface area contributed by atoms with Crippen LogP contribution in [0.4, 0.5) is 0 Å². The maximum atomic E-state index is 12.3. The van der Waals surface area contributed by atoms with Crippen molar-refractivity contribution in [3.8, 4) is 0 Å². The van der Waals surface area contributed by atoms with Crippen LogP contribution < -0.4 is 0 Å². The minimum Gasteiger partial charge on any atom is -0.481 e. The Balaban J connectivity index is 1.90. The van der Waals surface area contributed by atoms with Crippen LogP contribution in [0, 0.1) is 0 Å². The molecule has 1 atom stereocenters. The highest BCUT2D eigenvalue weighted by Crippen LogP contribution is 2.20. The fourth-order valence-electron chi connectivity index (χ4n) is 2.49. The number of Topliss-reactive ketones (excluding diaryl/α,β-unsaturated/α-hetero) is 1. The third-order valence-corrected chi connectivity index (χ3v) is 4.71. The van der Waals surface area contributed by atoms with E-state index in [2.05, 4.69) is 0 Å². The monoisotopic (exact) mass is 321 g/mol. The Bertz CT molecular complexity index is 546. The Morgan fingerprint density at radius 2 is 1.91 bits per heavy atom. The first kappa shape index (κ1) is 16.5. The molecule has 0 radical (unpaired) electrons. The van der Waals surface area contributed by atoms with E-state index in [1.807, 2.05) is 6.07 Å². The average molecular weight is 321 g/mol. The zero-order chi connectivity index (χ0) is 15.9. The molecule has 1 N–H and O–H groups in total. The first-order valence-corrected chi connectivity index (χ1v) is 8.40. The number of ketones is 1. The number of carbonyl (C=O) groups is 3. The van der Waals surface area contributed by atoms with E-state index in [0.29, 0.717) is 17.9 Å². The normalized spacial score (nSPS) is 18.0. The van der Waals surface area contributed by atoms with E-state index in [9.17, 15) is 14.4 Å². The quantitative estimate of drug-likeness (QED) is 0.812. The van der Waals surface area contributed by atoms with E-state index in [1.54, 1.807) is 40.9 Å². The first-order valence-electron chi connectivity index (χ1n) is 7.25. The molecule has 1 aliphatic rings. The lowest BCUT2D eigenvalue weighted by Crippen LogP contribution is -2.47. The first-order chi connectivity index (χ1) is 10.6. The van der Waals surface area contributed by atoms with Gasteiger partial charge in [-0.1, -0.05) is 30.3 Å². The molecular formula is C16H19NO4S. The molecule has 0 spiro atoms. The summed E-state index contributed by atoms with van der Waals surface area (Å²) in [5.41, 5.74) is 0.603. The van der Waals surface area contributed by atoms with Crippen LogP contribution in [0.2, 0.25) is 0 Å². The molecule has 1 fully saturated rings. The molecule has 5 nitrogen and oxygen atoms in total. The van der Waals surface area contributed by atoms with Crippen LogP contribution in [0.25, 0.3) is 0 Å². The molecule has 1 saturated heterocycles. The van der Waals surface area contributed by atoms with Gasteiger partial charge in [-0.2, -0.15) is 11.8 Å². The third kappa shape index (κ3) is 4.59. The Kier molecular flexibility index (Phi) is 6.00. The minimum atomic E-state index is -0.898. The zero-order valence-electron chi connectivity index (χ0n) is 12.2. The lowest BCUT2D eigenvalue weighted by molar-refractivity contribution is -0.140. The van der Waals surface area contributed by atoms with Crippen molar-refractivity contribution in [1.29, 1.82) is 0 Å². The number of amides is 1. The smallest absolute Gasteiger partial charge is 0.305 e. The van der Waals surface area contributed by atoms with Gasteiger partial charge in [0.15, 0.2) is 5.78 Å². The van der Waals surface area contributed by atoms with Crippen molar-refractivity contribution in [1.82, 2.24) is 4.90 Å². The van der Waals surface area contributed by atoms with Gasteiger partial charge in [-0.15, -0.1) is 0 Å². The van der Waals surface area contributed by atoms with Crippen LogP contribution in [0.5, 0.6) is 0 Å². The van der Waals surface area contributed by atoms with Gasteiger partial charge in [0, 0.05) is 36.5 Å². The second-order valence-corrected chi connectivity index (χ2v) is 6.35. The molecule has 1 heterocycles. The highest BCUT2D eigenvalue weighted by atomic mass is 32.2. The van der Waals surface area contributed by atoms with Crippen molar-refractivity contribution < 1.29 is 19.5 Å². The van der Waals surface area contributed by atoms with Crippen molar-refractivity contribution in [2.24, 2.45) is 0 Å². The number of carboxylic acids is 1. The van der Waals surface area contributed by atoms with Gasteiger partial charge in [-0.3, -0.25) is 14.4 Å². The maximum Gasteiger partial charge on any atom is 0.305 e. The van der Waals surface area contributed by atoms with Crippen LogP contribution in [-0.2, 0) is 9.59 Å². The zero-order valence-corrected chi connectivity index (χ0v) is 13.1. The van der Waals surface area contributed by atoms with E-state index in [-0.39, 0.29) is 37.0 Å². The summed E-state index contributed by atoms with van der Waals surface area (Å²) in [6.45, 7) is 0.557. The number of nitrogens with zero attached hydrogens (tertiary/aromatic N) is 1. The summed E-state index contributed by atoms with van der Waals surface area (Å²) in [6.07, 6.45) is 0.256. The number of aliphatic carboxylic acids is 1. The Labute approximate surface area is 133 Å². The van der Waals surface area contributed by atoms with E-state index in [4.69, 9.17) is 5.11 Å². The Morgan fingerprint density at radius 1 is 1.18 bits per heavy atom. The molecule has 1 amide bonds. The van der Waals surface area contributed by atoms with Gasteiger partial charge in [0.1, 0.15) is 0 Å². The Morgan fingerprint density at radius 3 is 2.59 bits per heavy atom. The number of carbonyl (C=O) groups excluding carboxylic acids is 2. The van der Waals surface area contributed by atoms with Crippen molar-refractivity contribution >= 4 is 29.4 Å². The summed E-state index contributed by atoms with van der Waals surface area (Å²) in [4.78, 5) is 36.8. The molecule has 1 aromatic rings. The van der Waals surface area contributed by atoms with Crippen LogP contribution in [0.15, 0.2) is 30.3 Å². The number of hydrogen-bond acceptors (Lipinski definition) is 4. The summed E-state index contributed by atoms with van der Waals surface area (Å²) in [5, 5.41) is 8.93. The summed E-state index contributed by atoms with van der Waals surface area (Å²) in [5.74, 6) is 0.371. The molecule has 2 rings (SSSR count). The van der Waals surface area contributed by atoms with E-state index < -0.39 is 5.97 Å². The van der Waals surface area contributed by atoms with Crippen molar-refractivity contribution in [3.05, 3.63) is 35.9 Å². The van der Waals surface area contributed by atoms with E-state index in [0.717, 1.165) is 5.75 Å². The molecule has 22 heavy (non-hydrogen) atoms. The fourth-order valence-corrected chi connectivity index (χ4v) is 3.55. The standard InChI is InChI=1S/C16H19NO4S/c18-14(12-4-2-1-3-5-12)6-7-15(19)17-8-9-22-11-13(17)10-16(20)21/h1-5,13H,6-11H2,(H,20,21). The predicted molar refractivity (Wildman–Crippen MR) is 85.1 cm³/mol. The second kappa shape index (κ2) is 7.98. The molecule has 0 aliphatic carbocycles. The molecule has 118 valence electrons. The molecule has 1 unspecified atom stereocenters. The second-order valence-electron chi connectivity index (χ2n) is 5.20. The van der Waals surface area contributed by atoms with Crippen LogP contribution in [0.1, 0.15) is 29.6 Å². The third-order valence-electron chi connectivity index (χ3n) is 3.62. The predicted octanol–water partition coefficient (Wildman–Crippen LogP) is 2.07. The SMILES string of the molecule is O=C(O)CC1CSCCN1C(=O)CCC(=O)c1ccccc1. The lowest BCUT2D eigenvalue weighted by atomic mass is 10.1. The minimum absolute atomic E-state index is 0.0363. The number of carboxylic acid groups (broad SMARTS) is 1. The number of rotatable bonds is 6.